The standard InChI is InChI=1S/C14H11BrF2OS/c15-9-1-4-11(5-2-9)19-8-14(18)12-6-3-10(16)7-13(12)17/h1-7,14,18H,8H2. The van der Waals surface area contributed by atoms with Gasteiger partial charge in [0.05, 0.1) is 6.10 Å². The Hall–Kier alpha value is -0.910. The lowest BCUT2D eigenvalue weighted by molar-refractivity contribution is 0.198. The third-order valence-corrected chi connectivity index (χ3v) is 4.16. The summed E-state index contributed by atoms with van der Waals surface area (Å²) in [5.74, 6) is -1.05. The van der Waals surface area contributed by atoms with Crippen molar-refractivity contribution >= 4 is 27.7 Å². The van der Waals surface area contributed by atoms with E-state index in [1.165, 1.54) is 17.8 Å². The lowest BCUT2D eigenvalue weighted by atomic mass is 10.1. The fraction of sp³-hybridized carbons (Fsp3) is 0.143. The van der Waals surface area contributed by atoms with Gasteiger partial charge in [0.2, 0.25) is 0 Å². The van der Waals surface area contributed by atoms with E-state index in [-0.39, 0.29) is 5.56 Å². The van der Waals surface area contributed by atoms with Gasteiger partial charge in [-0.25, -0.2) is 8.78 Å². The van der Waals surface area contributed by atoms with E-state index >= 15 is 0 Å². The van der Waals surface area contributed by atoms with E-state index < -0.39 is 17.7 Å². The molecule has 1 nitrogen and oxygen atoms in total. The molecule has 0 radical (unpaired) electrons. The summed E-state index contributed by atoms with van der Waals surface area (Å²) in [7, 11) is 0. The van der Waals surface area contributed by atoms with Crippen molar-refractivity contribution in [3.8, 4) is 0 Å². The molecule has 0 aliphatic rings. The molecule has 0 aromatic heterocycles. The van der Waals surface area contributed by atoms with Gasteiger partial charge in [0.25, 0.3) is 0 Å². The van der Waals surface area contributed by atoms with E-state index in [0.717, 1.165) is 21.5 Å². The van der Waals surface area contributed by atoms with Crippen LogP contribution in [0.1, 0.15) is 11.7 Å². The number of aliphatic hydroxyl groups is 1. The molecule has 0 saturated heterocycles. The van der Waals surface area contributed by atoms with E-state index in [4.69, 9.17) is 0 Å². The number of hydrogen-bond acceptors (Lipinski definition) is 2. The molecule has 100 valence electrons. The molecule has 0 bridgehead atoms. The van der Waals surface area contributed by atoms with Gasteiger partial charge in [-0.3, -0.25) is 0 Å². The Morgan fingerprint density at radius 2 is 1.79 bits per heavy atom. The van der Waals surface area contributed by atoms with Crippen LogP contribution in [0.2, 0.25) is 0 Å². The highest BCUT2D eigenvalue weighted by Crippen LogP contribution is 2.27. The predicted octanol–water partition coefficient (Wildman–Crippen LogP) is 4.55. The van der Waals surface area contributed by atoms with Crippen LogP contribution in [-0.4, -0.2) is 10.9 Å². The highest BCUT2D eigenvalue weighted by atomic mass is 79.9. The zero-order chi connectivity index (χ0) is 13.8. The number of rotatable bonds is 4. The lowest BCUT2D eigenvalue weighted by Crippen LogP contribution is -2.03. The number of thioether (sulfide) groups is 1. The van der Waals surface area contributed by atoms with E-state index in [0.29, 0.717) is 5.75 Å². The smallest absolute Gasteiger partial charge is 0.131 e. The summed E-state index contributed by atoms with van der Waals surface area (Å²) in [6, 6.07) is 10.8. The molecule has 0 saturated carbocycles. The van der Waals surface area contributed by atoms with Crippen LogP contribution in [-0.2, 0) is 0 Å². The van der Waals surface area contributed by atoms with Crippen LogP contribution in [0.3, 0.4) is 0 Å². The van der Waals surface area contributed by atoms with Crippen molar-refractivity contribution in [1.29, 1.82) is 0 Å². The van der Waals surface area contributed by atoms with Crippen molar-refractivity contribution in [2.45, 2.75) is 11.0 Å². The van der Waals surface area contributed by atoms with Crippen LogP contribution in [0.4, 0.5) is 8.78 Å². The summed E-state index contributed by atoms with van der Waals surface area (Å²) in [5, 5.41) is 9.92. The molecule has 1 N–H and O–H groups in total. The molecule has 5 heteroatoms. The van der Waals surface area contributed by atoms with Crippen molar-refractivity contribution in [3.63, 3.8) is 0 Å². The molecule has 0 amide bonds. The number of hydrogen-bond donors (Lipinski definition) is 1. The molecular weight excluding hydrogens is 334 g/mol. The van der Waals surface area contributed by atoms with Gasteiger partial charge >= 0.3 is 0 Å². The molecule has 0 spiro atoms. The average molecular weight is 345 g/mol. The highest BCUT2D eigenvalue weighted by Gasteiger charge is 2.13. The Morgan fingerprint density at radius 1 is 1.11 bits per heavy atom. The maximum atomic E-state index is 13.5. The summed E-state index contributed by atoms with van der Waals surface area (Å²) in [6.07, 6.45) is -0.964. The number of benzene rings is 2. The molecule has 2 rings (SSSR count). The van der Waals surface area contributed by atoms with Crippen molar-refractivity contribution < 1.29 is 13.9 Å². The zero-order valence-electron chi connectivity index (χ0n) is 9.82. The fourth-order valence-electron chi connectivity index (χ4n) is 1.57. The number of halogens is 3. The largest absolute Gasteiger partial charge is 0.387 e. The van der Waals surface area contributed by atoms with Crippen LogP contribution < -0.4 is 0 Å². The molecule has 0 aliphatic heterocycles. The minimum atomic E-state index is -0.964. The molecular formula is C14H11BrF2OS. The van der Waals surface area contributed by atoms with Gasteiger partial charge in [-0.2, -0.15) is 0 Å². The van der Waals surface area contributed by atoms with Crippen LogP contribution in [0, 0.1) is 11.6 Å². The first-order chi connectivity index (χ1) is 9.06. The van der Waals surface area contributed by atoms with Crippen molar-refractivity contribution in [3.05, 3.63) is 64.1 Å². The molecule has 0 fully saturated rings. The molecule has 2 aromatic carbocycles. The summed E-state index contributed by atoms with van der Waals surface area (Å²) >= 11 is 4.75. The first-order valence-electron chi connectivity index (χ1n) is 5.57. The molecule has 0 aliphatic carbocycles. The maximum Gasteiger partial charge on any atom is 0.131 e. The van der Waals surface area contributed by atoms with Gasteiger partial charge in [-0.1, -0.05) is 22.0 Å². The molecule has 1 unspecified atom stereocenters. The normalized spacial score (nSPS) is 12.4. The first kappa shape index (κ1) is 14.5. The second-order valence-corrected chi connectivity index (χ2v) is 5.96. The molecule has 0 heterocycles. The van der Waals surface area contributed by atoms with Crippen LogP contribution in [0.5, 0.6) is 0 Å². The third-order valence-electron chi connectivity index (χ3n) is 2.54. The number of aliphatic hydroxyl groups excluding tert-OH is 1. The summed E-state index contributed by atoms with van der Waals surface area (Å²) < 4.78 is 27.2. The maximum absolute atomic E-state index is 13.5. The monoisotopic (exact) mass is 344 g/mol. The van der Waals surface area contributed by atoms with Gasteiger partial charge in [0, 0.05) is 26.8 Å². The molecule has 2 aromatic rings. The lowest BCUT2D eigenvalue weighted by Gasteiger charge is -2.11. The Balaban J connectivity index is 2.01. The summed E-state index contributed by atoms with van der Waals surface area (Å²) in [6.45, 7) is 0. The van der Waals surface area contributed by atoms with E-state index in [1.807, 2.05) is 24.3 Å². The second-order valence-electron chi connectivity index (χ2n) is 3.95. The minimum absolute atomic E-state index is 0.117. The third kappa shape index (κ3) is 4.03. The summed E-state index contributed by atoms with van der Waals surface area (Å²) in [5.41, 5.74) is 0.117. The summed E-state index contributed by atoms with van der Waals surface area (Å²) in [4.78, 5) is 0.977. The van der Waals surface area contributed by atoms with Crippen LogP contribution >= 0.6 is 27.7 Å². The van der Waals surface area contributed by atoms with Gasteiger partial charge in [-0.15, -0.1) is 11.8 Å². The van der Waals surface area contributed by atoms with Gasteiger partial charge in [-0.05, 0) is 30.3 Å². The Kier molecular flexibility index (Phi) is 4.96. The zero-order valence-corrected chi connectivity index (χ0v) is 12.2. The highest BCUT2D eigenvalue weighted by molar-refractivity contribution is 9.10. The van der Waals surface area contributed by atoms with Gasteiger partial charge in [0.15, 0.2) is 0 Å². The SMILES string of the molecule is OC(CSc1ccc(Br)cc1)c1ccc(F)cc1F. The molecule has 1 atom stereocenters. The van der Waals surface area contributed by atoms with Crippen molar-refractivity contribution in [1.82, 2.24) is 0 Å². The van der Waals surface area contributed by atoms with Gasteiger partial charge in [0.1, 0.15) is 11.6 Å². The van der Waals surface area contributed by atoms with Gasteiger partial charge < -0.3 is 5.11 Å². The van der Waals surface area contributed by atoms with Crippen molar-refractivity contribution in [2.75, 3.05) is 5.75 Å². The van der Waals surface area contributed by atoms with Crippen LogP contribution in [0.25, 0.3) is 0 Å². The average Bonchev–Trinajstić information content (AvgIpc) is 2.37. The Morgan fingerprint density at radius 3 is 2.42 bits per heavy atom. The quantitative estimate of drug-likeness (QED) is 0.821. The van der Waals surface area contributed by atoms with E-state index in [9.17, 15) is 13.9 Å². The fourth-order valence-corrected chi connectivity index (χ4v) is 2.69. The predicted molar refractivity (Wildman–Crippen MR) is 76.2 cm³/mol. The molecule has 19 heavy (non-hydrogen) atoms. The van der Waals surface area contributed by atoms with E-state index in [2.05, 4.69) is 15.9 Å². The first-order valence-corrected chi connectivity index (χ1v) is 7.35. The van der Waals surface area contributed by atoms with Crippen LogP contribution in [0.15, 0.2) is 51.8 Å². The topological polar surface area (TPSA) is 20.2 Å². The second kappa shape index (κ2) is 6.50. The van der Waals surface area contributed by atoms with Crippen molar-refractivity contribution in [2.24, 2.45) is 0 Å². The Bertz CT molecular complexity index is 560. The Labute approximate surface area is 122 Å². The minimum Gasteiger partial charge on any atom is -0.387 e. The van der Waals surface area contributed by atoms with E-state index in [1.54, 1.807) is 0 Å².